The Morgan fingerprint density at radius 3 is 1.13 bits per heavy atom. The van der Waals surface area contributed by atoms with Gasteiger partial charge in [0, 0.05) is 12.8 Å². The van der Waals surface area contributed by atoms with Crippen LogP contribution in [0.4, 0.5) is 0 Å². The van der Waals surface area contributed by atoms with Crippen molar-refractivity contribution < 1.29 is 24.5 Å². The Bertz CT molecular complexity index is 939. The van der Waals surface area contributed by atoms with Crippen molar-refractivity contribution in [1.82, 2.24) is 5.32 Å². The SMILES string of the molecule is CCCCCCCCCCCCCCCC(O)C(CO)NC(=O)CCCCCCCCC/C=C\CCCCCCCCCCCCCOC(=O)CCCCCCCCCCCCC. The normalized spacial score (nSPS) is 12.6. The summed E-state index contributed by atoms with van der Waals surface area (Å²) in [6, 6.07) is -0.544. The molecule has 63 heavy (non-hydrogen) atoms. The van der Waals surface area contributed by atoms with Crippen LogP contribution >= 0.6 is 0 Å². The molecule has 0 rings (SSSR count). The highest BCUT2D eigenvalue weighted by Crippen LogP contribution is 2.17. The van der Waals surface area contributed by atoms with Crippen LogP contribution in [0.25, 0.3) is 0 Å². The standard InChI is InChI=1S/C57H111NO5/c1-3-5-7-9-11-13-15-26-30-33-37-41-45-49-55(60)54(53-59)58-56(61)50-46-42-38-34-31-27-24-22-20-18-16-17-19-21-23-25-28-32-36-40-44-48-52-63-57(62)51-47-43-39-35-29-14-12-10-8-6-4-2/h18,20,54-55,59-60H,3-17,19,21-53H2,1-2H3,(H,58,61)/b20-18-. The Hall–Kier alpha value is -1.40. The molecular formula is C57H111NO5. The lowest BCUT2D eigenvalue weighted by molar-refractivity contribution is -0.143. The summed E-state index contributed by atoms with van der Waals surface area (Å²) in [5, 5.41) is 23.2. The van der Waals surface area contributed by atoms with Crippen molar-refractivity contribution in [3.05, 3.63) is 12.2 Å². The number of ether oxygens (including phenoxy) is 1. The molecule has 0 saturated carbocycles. The van der Waals surface area contributed by atoms with E-state index in [1.807, 2.05) is 0 Å². The maximum atomic E-state index is 12.4. The average Bonchev–Trinajstić information content (AvgIpc) is 3.28. The first-order chi connectivity index (χ1) is 31.0. The van der Waals surface area contributed by atoms with Crippen LogP contribution in [0, 0.1) is 0 Å². The molecule has 2 unspecified atom stereocenters. The van der Waals surface area contributed by atoms with Crippen molar-refractivity contribution in [3.63, 3.8) is 0 Å². The third-order valence-corrected chi connectivity index (χ3v) is 13.3. The smallest absolute Gasteiger partial charge is 0.305 e. The third-order valence-electron chi connectivity index (χ3n) is 13.3. The van der Waals surface area contributed by atoms with Gasteiger partial charge in [-0.1, -0.05) is 264 Å². The van der Waals surface area contributed by atoms with E-state index in [4.69, 9.17) is 4.74 Å². The average molecular weight is 891 g/mol. The Morgan fingerprint density at radius 2 is 0.746 bits per heavy atom. The van der Waals surface area contributed by atoms with Gasteiger partial charge in [0.2, 0.25) is 5.91 Å². The zero-order chi connectivity index (χ0) is 45.8. The first kappa shape index (κ1) is 61.6. The number of amides is 1. The van der Waals surface area contributed by atoms with Gasteiger partial charge in [0.25, 0.3) is 0 Å². The van der Waals surface area contributed by atoms with Gasteiger partial charge in [-0.2, -0.15) is 0 Å². The molecule has 0 bridgehead atoms. The molecule has 6 heteroatoms. The highest BCUT2D eigenvalue weighted by Gasteiger charge is 2.20. The summed E-state index contributed by atoms with van der Waals surface area (Å²) in [5.74, 6) is -0.0310. The molecular weight excluding hydrogens is 779 g/mol. The molecule has 1 amide bonds. The second kappa shape index (κ2) is 53.2. The van der Waals surface area contributed by atoms with E-state index >= 15 is 0 Å². The number of esters is 1. The van der Waals surface area contributed by atoms with Crippen molar-refractivity contribution in [2.24, 2.45) is 0 Å². The van der Waals surface area contributed by atoms with Gasteiger partial charge >= 0.3 is 5.97 Å². The van der Waals surface area contributed by atoms with Gasteiger partial charge in [0.1, 0.15) is 0 Å². The minimum Gasteiger partial charge on any atom is -0.466 e. The molecule has 0 radical (unpaired) electrons. The minimum absolute atomic E-state index is 0.00992. The van der Waals surface area contributed by atoms with Crippen LogP contribution in [0.2, 0.25) is 0 Å². The molecule has 0 aromatic heterocycles. The van der Waals surface area contributed by atoms with Crippen LogP contribution in [-0.4, -0.2) is 47.4 Å². The number of carbonyl (C=O) groups excluding carboxylic acids is 2. The molecule has 2 atom stereocenters. The van der Waals surface area contributed by atoms with Gasteiger partial charge in [-0.25, -0.2) is 0 Å². The van der Waals surface area contributed by atoms with E-state index in [-0.39, 0.29) is 18.5 Å². The Kier molecular flexibility index (Phi) is 52.0. The topological polar surface area (TPSA) is 95.9 Å². The van der Waals surface area contributed by atoms with Crippen molar-refractivity contribution in [2.45, 2.75) is 328 Å². The number of hydrogen-bond acceptors (Lipinski definition) is 5. The van der Waals surface area contributed by atoms with Gasteiger partial charge in [-0.15, -0.1) is 0 Å². The molecule has 0 saturated heterocycles. The van der Waals surface area contributed by atoms with Gasteiger partial charge in [-0.05, 0) is 51.4 Å². The van der Waals surface area contributed by atoms with Crippen LogP contribution in [-0.2, 0) is 14.3 Å². The molecule has 0 spiro atoms. The van der Waals surface area contributed by atoms with Crippen LogP contribution in [0.15, 0.2) is 12.2 Å². The minimum atomic E-state index is -0.667. The van der Waals surface area contributed by atoms with Gasteiger partial charge < -0.3 is 20.3 Å². The summed E-state index contributed by atoms with van der Waals surface area (Å²) in [7, 11) is 0. The number of unbranched alkanes of at least 4 members (excludes halogenated alkanes) is 40. The first-order valence-electron chi connectivity index (χ1n) is 28.4. The number of allylic oxidation sites excluding steroid dienone is 2. The molecule has 0 heterocycles. The number of rotatable bonds is 53. The summed E-state index contributed by atoms with van der Waals surface area (Å²) >= 11 is 0. The highest BCUT2D eigenvalue weighted by molar-refractivity contribution is 5.76. The highest BCUT2D eigenvalue weighted by atomic mass is 16.5. The number of aliphatic hydroxyl groups is 2. The van der Waals surface area contributed by atoms with Crippen LogP contribution < -0.4 is 5.32 Å². The molecule has 0 aromatic carbocycles. The van der Waals surface area contributed by atoms with E-state index in [0.717, 1.165) is 38.5 Å². The van der Waals surface area contributed by atoms with E-state index in [0.29, 0.717) is 25.9 Å². The molecule has 0 aliphatic rings. The fraction of sp³-hybridized carbons (Fsp3) is 0.930. The van der Waals surface area contributed by atoms with Gasteiger partial charge in [0.05, 0.1) is 25.4 Å². The van der Waals surface area contributed by atoms with Gasteiger partial charge in [-0.3, -0.25) is 9.59 Å². The zero-order valence-electron chi connectivity index (χ0n) is 42.6. The predicted octanol–water partition coefficient (Wildman–Crippen LogP) is 17.3. The number of aliphatic hydroxyl groups excluding tert-OH is 2. The van der Waals surface area contributed by atoms with E-state index in [1.54, 1.807) is 0 Å². The fourth-order valence-electron chi connectivity index (χ4n) is 8.93. The second-order valence-corrected chi connectivity index (χ2v) is 19.6. The summed E-state index contributed by atoms with van der Waals surface area (Å²) < 4.78 is 5.46. The van der Waals surface area contributed by atoms with Crippen molar-refractivity contribution in [1.29, 1.82) is 0 Å². The summed E-state index contributed by atoms with van der Waals surface area (Å²) in [6.07, 6.45) is 62.0. The molecule has 374 valence electrons. The monoisotopic (exact) mass is 890 g/mol. The molecule has 0 aliphatic carbocycles. The van der Waals surface area contributed by atoms with Gasteiger partial charge in [0.15, 0.2) is 0 Å². The van der Waals surface area contributed by atoms with Crippen LogP contribution in [0.3, 0.4) is 0 Å². The van der Waals surface area contributed by atoms with Crippen molar-refractivity contribution in [2.75, 3.05) is 13.2 Å². The lowest BCUT2D eigenvalue weighted by Crippen LogP contribution is -2.45. The summed E-state index contributed by atoms with van der Waals surface area (Å²) in [5.41, 5.74) is 0. The first-order valence-corrected chi connectivity index (χ1v) is 28.4. The molecule has 6 nitrogen and oxygen atoms in total. The van der Waals surface area contributed by atoms with E-state index in [1.165, 1.54) is 244 Å². The maximum Gasteiger partial charge on any atom is 0.305 e. The van der Waals surface area contributed by atoms with Crippen LogP contribution in [0.5, 0.6) is 0 Å². The third kappa shape index (κ3) is 49.9. The largest absolute Gasteiger partial charge is 0.466 e. The van der Waals surface area contributed by atoms with E-state index in [2.05, 4.69) is 31.3 Å². The van der Waals surface area contributed by atoms with Crippen molar-refractivity contribution in [3.8, 4) is 0 Å². The quantitative estimate of drug-likeness (QED) is 0.0321. The molecule has 0 aliphatic heterocycles. The second-order valence-electron chi connectivity index (χ2n) is 19.6. The molecule has 0 aromatic rings. The number of nitrogens with one attached hydrogen (secondary N) is 1. The zero-order valence-corrected chi connectivity index (χ0v) is 42.6. The lowest BCUT2D eigenvalue weighted by atomic mass is 10.0. The van der Waals surface area contributed by atoms with Crippen LogP contribution in [0.1, 0.15) is 316 Å². The predicted molar refractivity (Wildman–Crippen MR) is 273 cm³/mol. The summed E-state index contributed by atoms with van der Waals surface area (Å²) in [4.78, 5) is 24.4. The Balaban J connectivity index is 3.41. The van der Waals surface area contributed by atoms with E-state index < -0.39 is 12.1 Å². The number of hydrogen-bond donors (Lipinski definition) is 3. The Morgan fingerprint density at radius 1 is 0.429 bits per heavy atom. The molecule has 0 fully saturated rings. The fourth-order valence-corrected chi connectivity index (χ4v) is 8.93. The van der Waals surface area contributed by atoms with Crippen molar-refractivity contribution >= 4 is 11.9 Å². The Labute approximate surface area is 393 Å². The van der Waals surface area contributed by atoms with E-state index in [9.17, 15) is 19.8 Å². The summed E-state index contributed by atoms with van der Waals surface area (Å²) in [6.45, 7) is 4.95. The maximum absolute atomic E-state index is 12.4. The molecule has 3 N–H and O–H groups in total. The lowest BCUT2D eigenvalue weighted by Gasteiger charge is -2.22. The number of carbonyl (C=O) groups is 2.